The lowest BCUT2D eigenvalue weighted by Crippen LogP contribution is -2.26. The monoisotopic (exact) mass is 316 g/mol. The van der Waals surface area contributed by atoms with Crippen LogP contribution in [0.25, 0.3) is 0 Å². The standard InChI is InChI=1S/C15H25ClN2O3/c1-11(10-19)21-15-8-13(16)12(7-14(15)20-4)9-17-5-6-18(2)3/h7-8,11,17,19H,5-6,9-10H2,1-4H3/t11-/m1/s1. The van der Waals surface area contributed by atoms with Crippen LogP contribution < -0.4 is 14.8 Å². The van der Waals surface area contributed by atoms with Crippen molar-refractivity contribution in [1.29, 1.82) is 0 Å². The fourth-order valence-corrected chi connectivity index (χ4v) is 1.96. The number of nitrogens with one attached hydrogen (secondary N) is 1. The molecule has 0 saturated carbocycles. The maximum absolute atomic E-state index is 9.06. The van der Waals surface area contributed by atoms with E-state index in [1.165, 1.54) is 0 Å². The first-order valence-corrected chi connectivity index (χ1v) is 7.35. The number of methoxy groups -OCH3 is 1. The molecular weight excluding hydrogens is 292 g/mol. The lowest BCUT2D eigenvalue weighted by Gasteiger charge is -2.17. The summed E-state index contributed by atoms with van der Waals surface area (Å²) in [4.78, 5) is 2.11. The van der Waals surface area contributed by atoms with Gasteiger partial charge in [-0.25, -0.2) is 0 Å². The van der Waals surface area contributed by atoms with Gasteiger partial charge in [0.25, 0.3) is 0 Å². The minimum Gasteiger partial charge on any atom is -0.493 e. The molecular formula is C15H25ClN2O3. The molecule has 0 heterocycles. The molecule has 6 heteroatoms. The molecule has 0 amide bonds. The Hall–Kier alpha value is -1.01. The molecule has 1 aromatic rings. The van der Waals surface area contributed by atoms with Crippen molar-refractivity contribution in [3.05, 3.63) is 22.7 Å². The van der Waals surface area contributed by atoms with Crippen molar-refractivity contribution in [2.45, 2.75) is 19.6 Å². The number of ether oxygens (including phenoxy) is 2. The molecule has 0 aliphatic carbocycles. The Kier molecular flexibility index (Phi) is 7.82. The van der Waals surface area contributed by atoms with Crippen molar-refractivity contribution < 1.29 is 14.6 Å². The van der Waals surface area contributed by atoms with Gasteiger partial charge in [0.15, 0.2) is 11.5 Å². The highest BCUT2D eigenvalue weighted by Crippen LogP contribution is 2.34. The highest BCUT2D eigenvalue weighted by Gasteiger charge is 2.13. The van der Waals surface area contributed by atoms with Gasteiger partial charge in [0, 0.05) is 30.7 Å². The van der Waals surface area contributed by atoms with Gasteiger partial charge in [0.2, 0.25) is 0 Å². The Balaban J connectivity index is 2.73. The summed E-state index contributed by atoms with van der Waals surface area (Å²) in [5.74, 6) is 1.16. The summed E-state index contributed by atoms with van der Waals surface area (Å²) in [5, 5.41) is 13.0. The number of rotatable bonds is 9. The van der Waals surface area contributed by atoms with E-state index in [9.17, 15) is 0 Å². The zero-order chi connectivity index (χ0) is 15.8. The van der Waals surface area contributed by atoms with Crippen LogP contribution in [0, 0.1) is 0 Å². The second kappa shape index (κ2) is 9.10. The Morgan fingerprint density at radius 1 is 1.33 bits per heavy atom. The summed E-state index contributed by atoms with van der Waals surface area (Å²) >= 11 is 6.28. The number of aliphatic hydroxyl groups excluding tert-OH is 1. The van der Waals surface area contributed by atoms with Gasteiger partial charge in [-0.3, -0.25) is 0 Å². The number of halogens is 1. The molecule has 5 nitrogen and oxygen atoms in total. The van der Waals surface area contributed by atoms with E-state index in [1.807, 2.05) is 20.2 Å². The Morgan fingerprint density at radius 3 is 2.62 bits per heavy atom. The van der Waals surface area contributed by atoms with E-state index in [1.54, 1.807) is 20.1 Å². The molecule has 0 bridgehead atoms. The number of nitrogens with zero attached hydrogens (tertiary/aromatic N) is 1. The van der Waals surface area contributed by atoms with Crippen molar-refractivity contribution in [3.63, 3.8) is 0 Å². The fraction of sp³-hybridized carbons (Fsp3) is 0.600. The number of likely N-dealkylation sites (N-methyl/N-ethyl adjacent to an activating group) is 1. The van der Waals surface area contributed by atoms with E-state index in [2.05, 4.69) is 10.2 Å². The largest absolute Gasteiger partial charge is 0.493 e. The van der Waals surface area contributed by atoms with E-state index >= 15 is 0 Å². The molecule has 0 saturated heterocycles. The quantitative estimate of drug-likeness (QED) is 0.680. The van der Waals surface area contributed by atoms with Crippen molar-refractivity contribution in [1.82, 2.24) is 10.2 Å². The number of hydrogen-bond donors (Lipinski definition) is 2. The third-order valence-corrected chi connectivity index (χ3v) is 3.32. The molecule has 1 aromatic carbocycles. The average Bonchev–Trinajstić information content (AvgIpc) is 2.44. The zero-order valence-corrected chi connectivity index (χ0v) is 13.9. The maximum Gasteiger partial charge on any atom is 0.163 e. The SMILES string of the molecule is COc1cc(CNCCN(C)C)c(Cl)cc1O[C@H](C)CO. The predicted molar refractivity (Wildman–Crippen MR) is 85.4 cm³/mol. The first-order valence-electron chi connectivity index (χ1n) is 6.97. The minimum absolute atomic E-state index is 0.0609. The molecule has 1 rings (SSSR count). The molecule has 0 spiro atoms. The highest BCUT2D eigenvalue weighted by atomic mass is 35.5. The van der Waals surface area contributed by atoms with Crippen molar-refractivity contribution in [3.8, 4) is 11.5 Å². The van der Waals surface area contributed by atoms with Crippen molar-refractivity contribution in [2.75, 3.05) is 40.9 Å². The van der Waals surface area contributed by atoms with Gasteiger partial charge in [-0.05, 0) is 32.6 Å². The van der Waals surface area contributed by atoms with Crippen LogP contribution in [0.1, 0.15) is 12.5 Å². The zero-order valence-electron chi connectivity index (χ0n) is 13.1. The lowest BCUT2D eigenvalue weighted by molar-refractivity contribution is 0.126. The average molecular weight is 317 g/mol. The van der Waals surface area contributed by atoms with E-state index < -0.39 is 0 Å². The van der Waals surface area contributed by atoms with Crippen LogP contribution in [0.5, 0.6) is 11.5 Å². The molecule has 2 N–H and O–H groups in total. The summed E-state index contributed by atoms with van der Waals surface area (Å²) in [6.45, 7) is 4.23. The molecule has 0 radical (unpaired) electrons. The molecule has 0 unspecified atom stereocenters. The molecule has 0 aliphatic heterocycles. The van der Waals surface area contributed by atoms with E-state index in [-0.39, 0.29) is 12.7 Å². The summed E-state index contributed by atoms with van der Waals surface area (Å²) in [6, 6.07) is 3.60. The van der Waals surface area contributed by atoms with Crippen LogP contribution >= 0.6 is 11.6 Å². The van der Waals surface area contributed by atoms with Crippen LogP contribution in [-0.4, -0.2) is 57.0 Å². The van der Waals surface area contributed by atoms with Gasteiger partial charge in [-0.1, -0.05) is 11.6 Å². The summed E-state index contributed by atoms with van der Waals surface area (Å²) in [5.41, 5.74) is 0.955. The van der Waals surface area contributed by atoms with Crippen LogP contribution in [0.15, 0.2) is 12.1 Å². The van der Waals surface area contributed by atoms with Crippen LogP contribution in [0.4, 0.5) is 0 Å². The fourth-order valence-electron chi connectivity index (χ4n) is 1.74. The molecule has 0 fully saturated rings. The van der Waals surface area contributed by atoms with Gasteiger partial charge in [-0.2, -0.15) is 0 Å². The van der Waals surface area contributed by atoms with Crippen molar-refractivity contribution >= 4 is 11.6 Å². The second-order valence-corrected chi connectivity index (χ2v) is 5.59. The van der Waals surface area contributed by atoms with Crippen molar-refractivity contribution in [2.24, 2.45) is 0 Å². The topological polar surface area (TPSA) is 54.0 Å². The summed E-state index contributed by atoms with van der Waals surface area (Å²) < 4.78 is 10.9. The van der Waals surface area contributed by atoms with E-state index in [4.69, 9.17) is 26.2 Å². The highest BCUT2D eigenvalue weighted by molar-refractivity contribution is 6.31. The van der Waals surface area contributed by atoms with E-state index in [0.29, 0.717) is 23.1 Å². The van der Waals surface area contributed by atoms with Crippen LogP contribution in [0.3, 0.4) is 0 Å². The van der Waals surface area contributed by atoms with Crippen LogP contribution in [0.2, 0.25) is 5.02 Å². The Labute approximate surface area is 131 Å². The normalized spacial score (nSPS) is 12.5. The third-order valence-electron chi connectivity index (χ3n) is 2.97. The first kappa shape index (κ1) is 18.0. The lowest BCUT2D eigenvalue weighted by atomic mass is 10.2. The van der Waals surface area contributed by atoms with Gasteiger partial charge in [0.05, 0.1) is 13.7 Å². The molecule has 0 aliphatic rings. The molecule has 1 atom stereocenters. The smallest absolute Gasteiger partial charge is 0.163 e. The van der Waals surface area contributed by atoms with E-state index in [0.717, 1.165) is 18.7 Å². The Morgan fingerprint density at radius 2 is 2.05 bits per heavy atom. The minimum atomic E-state index is -0.306. The van der Waals surface area contributed by atoms with Gasteiger partial charge in [-0.15, -0.1) is 0 Å². The summed E-state index contributed by atoms with van der Waals surface area (Å²) in [6.07, 6.45) is -0.306. The predicted octanol–water partition coefficient (Wildman–Crippen LogP) is 1.76. The molecule has 120 valence electrons. The number of hydrogen-bond acceptors (Lipinski definition) is 5. The second-order valence-electron chi connectivity index (χ2n) is 5.19. The Bertz CT molecular complexity index is 441. The van der Waals surface area contributed by atoms with Gasteiger partial charge < -0.3 is 24.8 Å². The summed E-state index contributed by atoms with van der Waals surface area (Å²) in [7, 11) is 5.65. The number of benzene rings is 1. The molecule has 21 heavy (non-hydrogen) atoms. The van der Waals surface area contributed by atoms with Crippen LogP contribution in [-0.2, 0) is 6.54 Å². The molecule has 0 aromatic heterocycles. The first-order chi connectivity index (χ1) is 9.97. The van der Waals surface area contributed by atoms with Gasteiger partial charge >= 0.3 is 0 Å². The maximum atomic E-state index is 9.06. The third kappa shape index (κ3) is 6.09. The number of aliphatic hydroxyl groups is 1. The van der Waals surface area contributed by atoms with Gasteiger partial charge in [0.1, 0.15) is 6.10 Å².